The van der Waals surface area contributed by atoms with Gasteiger partial charge < -0.3 is 15.0 Å². The zero-order valence-corrected chi connectivity index (χ0v) is 17.8. The molecule has 2 aliphatic rings. The van der Waals surface area contributed by atoms with E-state index in [2.05, 4.69) is 35.1 Å². The van der Waals surface area contributed by atoms with Crippen molar-refractivity contribution in [3.05, 3.63) is 85.5 Å². The molecule has 1 amide bonds. The van der Waals surface area contributed by atoms with Crippen molar-refractivity contribution in [1.29, 1.82) is 0 Å². The normalized spacial score (nSPS) is 19.2. The van der Waals surface area contributed by atoms with Gasteiger partial charge in [0.05, 0.1) is 20.1 Å². The van der Waals surface area contributed by atoms with Gasteiger partial charge in [-0.15, -0.1) is 0 Å². The molecule has 5 rings (SSSR count). The van der Waals surface area contributed by atoms with E-state index in [1.165, 1.54) is 6.08 Å². The van der Waals surface area contributed by atoms with Gasteiger partial charge >= 0.3 is 0 Å². The summed E-state index contributed by atoms with van der Waals surface area (Å²) in [7, 11) is 2.13. The third-order valence-corrected chi connectivity index (χ3v) is 6.08. The average Bonchev–Trinajstić information content (AvgIpc) is 3.13. The number of para-hydroxylation sites is 1. The molecule has 1 aromatic heterocycles. The van der Waals surface area contributed by atoms with Crippen LogP contribution in [0.1, 0.15) is 5.69 Å². The molecule has 0 radical (unpaired) electrons. The molecule has 160 valence electrons. The van der Waals surface area contributed by atoms with Crippen LogP contribution in [0.3, 0.4) is 0 Å². The Morgan fingerprint density at radius 1 is 1.12 bits per heavy atom. The summed E-state index contributed by atoms with van der Waals surface area (Å²) in [6.45, 7) is 4.92. The maximum absolute atomic E-state index is 11.9. The van der Waals surface area contributed by atoms with Gasteiger partial charge in [-0.3, -0.25) is 9.28 Å². The maximum atomic E-state index is 11.9. The highest BCUT2D eigenvalue weighted by atomic mass is 16.5. The minimum absolute atomic E-state index is 0.0308. The number of nitrogens with zero attached hydrogens (tertiary/aromatic N) is 4. The number of carbonyl (C=O) groups is 1. The van der Waals surface area contributed by atoms with E-state index in [1.54, 1.807) is 11.2 Å². The van der Waals surface area contributed by atoms with Gasteiger partial charge in [-0.25, -0.2) is 9.97 Å². The summed E-state index contributed by atoms with van der Waals surface area (Å²) in [4.78, 5) is 22.7. The van der Waals surface area contributed by atoms with Crippen LogP contribution in [0.4, 0.5) is 17.2 Å². The zero-order valence-electron chi connectivity index (χ0n) is 17.8. The second kappa shape index (κ2) is 7.94. The fourth-order valence-electron chi connectivity index (χ4n) is 4.16. The molecule has 1 unspecified atom stereocenters. The summed E-state index contributed by atoms with van der Waals surface area (Å²) in [6, 6.07) is 17.7. The first-order valence-electron chi connectivity index (χ1n) is 10.5. The van der Waals surface area contributed by atoms with Crippen molar-refractivity contribution in [3.63, 3.8) is 0 Å². The number of fused-ring (bicyclic) bond motifs is 1. The molecule has 0 bridgehead atoms. The van der Waals surface area contributed by atoms with Crippen LogP contribution in [0.25, 0.3) is 6.08 Å². The molecule has 7 nitrogen and oxygen atoms in total. The highest BCUT2D eigenvalue weighted by Gasteiger charge is 2.48. The van der Waals surface area contributed by atoms with Crippen molar-refractivity contribution < 1.29 is 9.53 Å². The predicted molar refractivity (Wildman–Crippen MR) is 126 cm³/mol. The Bertz CT molecular complexity index is 1190. The van der Waals surface area contributed by atoms with E-state index in [0.717, 1.165) is 34.4 Å². The van der Waals surface area contributed by atoms with Crippen molar-refractivity contribution in [2.75, 3.05) is 25.5 Å². The van der Waals surface area contributed by atoms with Crippen LogP contribution in [0.5, 0.6) is 11.5 Å². The van der Waals surface area contributed by atoms with Gasteiger partial charge in [0.25, 0.3) is 0 Å². The summed E-state index contributed by atoms with van der Waals surface area (Å²) in [5, 5.41) is 3.44. The number of rotatable bonds is 6. The third-order valence-electron chi connectivity index (χ3n) is 6.08. The Hall–Kier alpha value is -3.97. The number of anilines is 2. The number of carbonyl (C=O) groups excluding carboxylic acids is 1. The van der Waals surface area contributed by atoms with Crippen LogP contribution in [0, 0.1) is 0 Å². The minimum atomic E-state index is -0.0308. The predicted octanol–water partition coefficient (Wildman–Crippen LogP) is 4.33. The molecule has 32 heavy (non-hydrogen) atoms. The van der Waals surface area contributed by atoms with Crippen molar-refractivity contribution in [2.24, 2.45) is 0 Å². The first-order valence-corrected chi connectivity index (χ1v) is 10.5. The van der Waals surface area contributed by atoms with Crippen molar-refractivity contribution >= 4 is 29.2 Å². The van der Waals surface area contributed by atoms with Gasteiger partial charge in [-0.2, -0.15) is 0 Å². The highest BCUT2D eigenvalue weighted by molar-refractivity contribution is 5.88. The second-order valence-corrected chi connectivity index (χ2v) is 8.08. The van der Waals surface area contributed by atoms with Gasteiger partial charge in [0.1, 0.15) is 35.8 Å². The molecule has 0 aliphatic carbocycles. The molecular formula is C25H24N5O2+. The Morgan fingerprint density at radius 3 is 2.56 bits per heavy atom. The van der Waals surface area contributed by atoms with Crippen LogP contribution in [-0.4, -0.2) is 47.0 Å². The SMILES string of the molecule is C=CC(=O)N1CC([N+]2(C)C=Cc3ncnc(Nc4ccc(Oc5ccccc5)cc4)c32)C1. The molecular weight excluding hydrogens is 402 g/mol. The highest BCUT2D eigenvalue weighted by Crippen LogP contribution is 2.42. The molecule has 1 atom stereocenters. The van der Waals surface area contributed by atoms with E-state index in [0.29, 0.717) is 17.6 Å². The lowest BCUT2D eigenvalue weighted by Gasteiger charge is -2.46. The number of likely N-dealkylation sites (N-methyl/N-ethyl adjacent to an activating group) is 1. The quantitative estimate of drug-likeness (QED) is 0.469. The standard InChI is InChI=1S/C25H24N5O2/c1-3-23(31)29-15-19(16-29)30(2)14-13-22-24(30)25(27-17-26-22)28-18-9-11-21(12-10-18)32-20-7-5-4-6-8-20/h3-14,17,19H,1,15-16H2,2H3,(H,26,27,28)/q+1. The largest absolute Gasteiger partial charge is 0.457 e. The summed E-state index contributed by atoms with van der Waals surface area (Å²) < 4.78 is 6.43. The maximum Gasteiger partial charge on any atom is 0.246 e. The molecule has 7 heteroatoms. The summed E-state index contributed by atoms with van der Waals surface area (Å²) >= 11 is 0. The molecule has 2 aliphatic heterocycles. The van der Waals surface area contributed by atoms with Crippen LogP contribution in [0.2, 0.25) is 0 Å². The molecule has 1 fully saturated rings. The Morgan fingerprint density at radius 2 is 1.84 bits per heavy atom. The van der Waals surface area contributed by atoms with Crippen molar-refractivity contribution in [2.45, 2.75) is 6.04 Å². The van der Waals surface area contributed by atoms with Crippen LogP contribution < -0.4 is 14.5 Å². The molecule has 2 aromatic carbocycles. The lowest BCUT2D eigenvalue weighted by Crippen LogP contribution is -2.66. The first-order chi connectivity index (χ1) is 15.6. The van der Waals surface area contributed by atoms with Gasteiger partial charge in [-0.05, 0) is 42.5 Å². The number of hydrogen-bond acceptors (Lipinski definition) is 5. The Balaban J connectivity index is 1.35. The second-order valence-electron chi connectivity index (χ2n) is 8.08. The van der Waals surface area contributed by atoms with E-state index in [9.17, 15) is 4.79 Å². The topological polar surface area (TPSA) is 67.4 Å². The Labute approximate surface area is 186 Å². The molecule has 3 aromatic rings. The number of quaternary nitrogens is 1. The van der Waals surface area contributed by atoms with Crippen molar-refractivity contribution in [1.82, 2.24) is 19.4 Å². The van der Waals surface area contributed by atoms with E-state index in [1.807, 2.05) is 60.7 Å². The molecule has 0 spiro atoms. The Kier molecular flexibility index (Phi) is 4.95. The number of hydrogen-bond donors (Lipinski definition) is 1. The lowest BCUT2D eigenvalue weighted by molar-refractivity contribution is -0.131. The number of benzene rings is 2. The van der Waals surface area contributed by atoms with E-state index < -0.39 is 0 Å². The number of nitrogens with one attached hydrogen (secondary N) is 1. The van der Waals surface area contributed by atoms with Crippen LogP contribution in [0.15, 0.2) is 79.8 Å². The van der Waals surface area contributed by atoms with E-state index in [-0.39, 0.29) is 11.9 Å². The third kappa shape index (κ3) is 3.52. The summed E-state index contributed by atoms with van der Waals surface area (Å²) in [5.41, 5.74) is 2.80. The fourth-order valence-corrected chi connectivity index (χ4v) is 4.16. The monoisotopic (exact) mass is 426 g/mol. The average molecular weight is 427 g/mol. The fraction of sp³-hybridized carbons (Fsp3) is 0.160. The number of ether oxygens (including phenoxy) is 1. The number of amides is 1. The van der Waals surface area contributed by atoms with Gasteiger partial charge in [0.2, 0.25) is 11.6 Å². The van der Waals surface area contributed by atoms with Crippen molar-refractivity contribution in [3.8, 4) is 11.5 Å². The van der Waals surface area contributed by atoms with Gasteiger partial charge in [0.15, 0.2) is 5.82 Å². The molecule has 0 saturated carbocycles. The van der Waals surface area contributed by atoms with Gasteiger partial charge in [-0.1, -0.05) is 24.8 Å². The number of aromatic nitrogens is 2. The minimum Gasteiger partial charge on any atom is -0.457 e. The van der Waals surface area contributed by atoms with Gasteiger partial charge in [0, 0.05) is 11.8 Å². The van der Waals surface area contributed by atoms with Crippen LogP contribution >= 0.6 is 0 Å². The van der Waals surface area contributed by atoms with E-state index >= 15 is 0 Å². The molecule has 1 saturated heterocycles. The summed E-state index contributed by atoms with van der Waals surface area (Å²) in [6.07, 6.45) is 7.09. The summed E-state index contributed by atoms with van der Waals surface area (Å²) in [5.74, 6) is 2.29. The number of likely N-dealkylation sites (tertiary alicyclic amines) is 1. The van der Waals surface area contributed by atoms with Crippen LogP contribution in [-0.2, 0) is 4.79 Å². The van der Waals surface area contributed by atoms with E-state index in [4.69, 9.17) is 4.74 Å². The zero-order chi connectivity index (χ0) is 22.1. The molecule has 1 N–H and O–H groups in total. The first kappa shape index (κ1) is 20.0. The smallest absolute Gasteiger partial charge is 0.246 e. The lowest BCUT2D eigenvalue weighted by atomic mass is 10.0. The molecule has 3 heterocycles.